The summed E-state index contributed by atoms with van der Waals surface area (Å²) in [6, 6.07) is 12.3. The summed E-state index contributed by atoms with van der Waals surface area (Å²) in [4.78, 5) is 19.6. The maximum absolute atomic E-state index is 12.6. The van der Waals surface area contributed by atoms with E-state index >= 15 is 0 Å². The minimum atomic E-state index is -0.503. The predicted octanol–water partition coefficient (Wildman–Crippen LogP) is 5.55. The Morgan fingerprint density at radius 3 is 2.57 bits per heavy atom. The molecule has 1 aliphatic heterocycles. The lowest BCUT2D eigenvalue weighted by Gasteiger charge is -2.13. The molecule has 2 aromatic carbocycles. The van der Waals surface area contributed by atoms with Crippen molar-refractivity contribution in [2.75, 3.05) is 0 Å². The maximum Gasteiger partial charge on any atom is 0.262 e. The second-order valence-electron chi connectivity index (χ2n) is 6.23. The fourth-order valence-corrected chi connectivity index (χ4v) is 3.94. The number of nitrogens with one attached hydrogen (secondary N) is 1. The zero-order chi connectivity index (χ0) is 20.0. The van der Waals surface area contributed by atoms with E-state index in [2.05, 4.69) is 9.98 Å². The molecule has 0 bridgehead atoms. The highest BCUT2D eigenvalue weighted by Gasteiger charge is 2.20. The molecular formula is C20H13Cl2N3O2S. The zero-order valence-electron chi connectivity index (χ0n) is 14.5. The second kappa shape index (κ2) is 7.05. The van der Waals surface area contributed by atoms with Gasteiger partial charge in [0.25, 0.3) is 5.56 Å². The van der Waals surface area contributed by atoms with Crippen molar-refractivity contribution in [3.05, 3.63) is 78.8 Å². The van der Waals surface area contributed by atoms with Crippen LogP contribution in [0.5, 0.6) is 5.88 Å². The lowest BCUT2D eigenvalue weighted by molar-refractivity contribution is 0.432. The first kappa shape index (κ1) is 18.7. The molecule has 0 atom stereocenters. The molecule has 0 saturated heterocycles. The molecule has 0 aliphatic carbocycles. The van der Waals surface area contributed by atoms with E-state index in [4.69, 9.17) is 35.4 Å². The van der Waals surface area contributed by atoms with Crippen molar-refractivity contribution >= 4 is 58.5 Å². The SMILES string of the molecule is CC1=Nc2ccccc2C1=Cc1c(O)n(-c2cc(Cl)cc(Cl)c2)c(=S)[nH]c1=O. The number of fused-ring (bicyclic) bond motifs is 1. The Labute approximate surface area is 175 Å². The van der Waals surface area contributed by atoms with Gasteiger partial charge in [-0.1, -0.05) is 41.4 Å². The molecule has 3 aromatic rings. The third-order valence-electron chi connectivity index (χ3n) is 4.39. The predicted molar refractivity (Wildman–Crippen MR) is 116 cm³/mol. The molecule has 1 aliphatic rings. The van der Waals surface area contributed by atoms with E-state index in [1.807, 2.05) is 31.2 Å². The third-order valence-corrected chi connectivity index (χ3v) is 5.11. The monoisotopic (exact) mass is 429 g/mol. The van der Waals surface area contributed by atoms with Crippen molar-refractivity contribution in [1.29, 1.82) is 0 Å². The Kier molecular flexibility index (Phi) is 4.71. The van der Waals surface area contributed by atoms with Crippen molar-refractivity contribution in [1.82, 2.24) is 9.55 Å². The van der Waals surface area contributed by atoms with Crippen molar-refractivity contribution in [3.63, 3.8) is 0 Å². The minimum absolute atomic E-state index is 0.0280. The normalized spacial score (nSPS) is 14.2. The van der Waals surface area contributed by atoms with Crippen molar-refractivity contribution in [2.45, 2.75) is 6.92 Å². The van der Waals surface area contributed by atoms with Gasteiger partial charge in [-0.2, -0.15) is 0 Å². The number of hydrogen-bond donors (Lipinski definition) is 2. The Hall–Kier alpha value is -2.67. The fraction of sp³-hybridized carbons (Fsp3) is 0.0500. The fourth-order valence-electron chi connectivity index (χ4n) is 3.14. The van der Waals surface area contributed by atoms with E-state index < -0.39 is 5.56 Å². The van der Waals surface area contributed by atoms with Crippen LogP contribution in [-0.2, 0) is 0 Å². The van der Waals surface area contributed by atoms with Crippen LogP contribution in [0.1, 0.15) is 18.1 Å². The zero-order valence-corrected chi connectivity index (χ0v) is 16.9. The first-order valence-corrected chi connectivity index (χ1v) is 9.43. The summed E-state index contributed by atoms with van der Waals surface area (Å²) >= 11 is 17.4. The van der Waals surface area contributed by atoms with Crippen LogP contribution < -0.4 is 5.56 Å². The van der Waals surface area contributed by atoms with Gasteiger partial charge in [0.05, 0.1) is 11.4 Å². The first-order chi connectivity index (χ1) is 13.3. The summed E-state index contributed by atoms with van der Waals surface area (Å²) in [6.45, 7) is 1.85. The van der Waals surface area contributed by atoms with Crippen LogP contribution in [0.3, 0.4) is 0 Å². The van der Waals surface area contributed by atoms with Gasteiger partial charge in [-0.25, -0.2) is 0 Å². The molecule has 140 valence electrons. The standard InChI is InChI=1S/C20H13Cl2N3O2S/c1-10-15(14-4-2-3-5-17(14)23-10)9-16-18(26)24-20(28)25(19(16)27)13-7-11(21)6-12(22)8-13/h2-9,27H,1H3,(H,24,26,28). The number of nitrogens with zero attached hydrogens (tertiary/aromatic N) is 2. The number of halogens is 2. The average Bonchev–Trinajstić information content (AvgIpc) is 2.92. The number of allylic oxidation sites excluding steroid dienone is 1. The topological polar surface area (TPSA) is 70.4 Å². The lowest BCUT2D eigenvalue weighted by Crippen LogP contribution is -2.16. The molecule has 0 amide bonds. The number of rotatable bonds is 2. The van der Waals surface area contributed by atoms with Gasteiger partial charge in [0.1, 0.15) is 5.56 Å². The Morgan fingerprint density at radius 2 is 1.86 bits per heavy atom. The lowest BCUT2D eigenvalue weighted by atomic mass is 10.0. The molecule has 2 N–H and O–H groups in total. The van der Waals surface area contributed by atoms with Crippen LogP contribution in [0.15, 0.2) is 52.3 Å². The number of aromatic amines is 1. The Balaban J connectivity index is 1.97. The van der Waals surface area contributed by atoms with E-state index in [9.17, 15) is 9.90 Å². The quantitative estimate of drug-likeness (QED) is 0.524. The van der Waals surface area contributed by atoms with Gasteiger partial charge >= 0.3 is 0 Å². The summed E-state index contributed by atoms with van der Waals surface area (Å²) in [6.07, 6.45) is 1.61. The molecule has 5 nitrogen and oxygen atoms in total. The van der Waals surface area contributed by atoms with Crippen LogP contribution in [0, 0.1) is 4.77 Å². The van der Waals surface area contributed by atoms with Gasteiger partial charge in [0.15, 0.2) is 4.77 Å². The summed E-state index contributed by atoms with van der Waals surface area (Å²) in [7, 11) is 0. The van der Waals surface area contributed by atoms with Gasteiger partial charge < -0.3 is 5.11 Å². The van der Waals surface area contributed by atoms with Gasteiger partial charge in [0.2, 0.25) is 5.88 Å². The van der Waals surface area contributed by atoms with E-state index in [-0.39, 0.29) is 16.2 Å². The molecular weight excluding hydrogens is 417 g/mol. The number of hydrogen-bond acceptors (Lipinski definition) is 4. The first-order valence-electron chi connectivity index (χ1n) is 8.26. The number of benzene rings is 2. The smallest absolute Gasteiger partial charge is 0.262 e. The Morgan fingerprint density at radius 1 is 1.18 bits per heavy atom. The molecule has 2 heterocycles. The van der Waals surface area contributed by atoms with Crippen LogP contribution in [0.25, 0.3) is 17.3 Å². The van der Waals surface area contributed by atoms with E-state index in [1.54, 1.807) is 24.3 Å². The van der Waals surface area contributed by atoms with Gasteiger partial charge in [-0.3, -0.25) is 19.3 Å². The maximum atomic E-state index is 12.6. The number of aromatic hydroxyl groups is 1. The molecule has 0 unspecified atom stereocenters. The molecule has 0 spiro atoms. The summed E-state index contributed by atoms with van der Waals surface area (Å²) in [5.41, 5.74) is 3.20. The van der Waals surface area contributed by atoms with E-state index in [0.717, 1.165) is 22.5 Å². The van der Waals surface area contributed by atoms with E-state index in [1.165, 1.54) is 4.57 Å². The molecule has 1 aromatic heterocycles. The van der Waals surface area contributed by atoms with Crippen molar-refractivity contribution < 1.29 is 5.11 Å². The molecule has 0 saturated carbocycles. The highest BCUT2D eigenvalue weighted by molar-refractivity contribution is 7.71. The molecule has 4 rings (SSSR count). The van der Waals surface area contributed by atoms with Gasteiger partial charge in [0, 0.05) is 26.9 Å². The molecule has 0 radical (unpaired) electrons. The Bertz CT molecular complexity index is 1290. The van der Waals surface area contributed by atoms with Gasteiger partial charge in [-0.15, -0.1) is 0 Å². The number of aromatic nitrogens is 2. The highest BCUT2D eigenvalue weighted by Crippen LogP contribution is 2.36. The average molecular weight is 430 g/mol. The molecule has 8 heteroatoms. The van der Waals surface area contributed by atoms with Crippen LogP contribution in [0.4, 0.5) is 5.69 Å². The highest BCUT2D eigenvalue weighted by atomic mass is 35.5. The largest absolute Gasteiger partial charge is 0.494 e. The van der Waals surface area contributed by atoms with Gasteiger partial charge in [-0.05, 0) is 49.5 Å². The van der Waals surface area contributed by atoms with Crippen molar-refractivity contribution in [3.8, 4) is 11.6 Å². The minimum Gasteiger partial charge on any atom is -0.494 e. The summed E-state index contributed by atoms with van der Waals surface area (Å²) in [5, 5.41) is 11.6. The second-order valence-corrected chi connectivity index (χ2v) is 7.49. The van der Waals surface area contributed by atoms with Crippen LogP contribution in [0.2, 0.25) is 10.0 Å². The van der Waals surface area contributed by atoms with Crippen molar-refractivity contribution in [2.24, 2.45) is 4.99 Å². The number of H-pyrrole nitrogens is 1. The van der Waals surface area contributed by atoms with Crippen LogP contribution >= 0.6 is 35.4 Å². The number of aliphatic imine (C=N–C) groups is 1. The van der Waals surface area contributed by atoms with Crippen LogP contribution in [-0.4, -0.2) is 20.4 Å². The summed E-state index contributed by atoms with van der Waals surface area (Å²) < 4.78 is 1.34. The third kappa shape index (κ3) is 3.20. The number of para-hydroxylation sites is 1. The van der Waals surface area contributed by atoms with E-state index in [0.29, 0.717) is 15.7 Å². The summed E-state index contributed by atoms with van der Waals surface area (Å²) in [5.74, 6) is -0.309. The molecule has 0 fully saturated rings. The molecule has 28 heavy (non-hydrogen) atoms.